The highest BCUT2D eigenvalue weighted by atomic mass is 79.9. The highest BCUT2D eigenvalue weighted by Gasteiger charge is 2.10. The number of hydrogen-bond donors (Lipinski definition) is 1. The van der Waals surface area contributed by atoms with Crippen LogP contribution < -0.4 is 10.1 Å². The van der Waals surface area contributed by atoms with Gasteiger partial charge in [0.2, 0.25) is 0 Å². The maximum atomic E-state index is 6.16. The highest BCUT2D eigenvalue weighted by molar-refractivity contribution is 9.10. The lowest BCUT2D eigenvalue weighted by Crippen LogP contribution is -2.09. The number of rotatable bonds is 5. The van der Waals surface area contributed by atoms with Crippen molar-refractivity contribution in [3.8, 4) is 5.75 Å². The summed E-state index contributed by atoms with van der Waals surface area (Å²) in [5.74, 6) is 0.982. The molecular formula is C18H22BrNO. The van der Waals surface area contributed by atoms with Crippen molar-refractivity contribution in [3.63, 3.8) is 0 Å². The Kier molecular flexibility index (Phi) is 5.43. The molecule has 2 nitrogen and oxygen atoms in total. The molecule has 0 unspecified atom stereocenters. The van der Waals surface area contributed by atoms with Crippen molar-refractivity contribution in [1.29, 1.82) is 0 Å². The van der Waals surface area contributed by atoms with Crippen LogP contribution in [-0.4, -0.2) is 7.05 Å². The van der Waals surface area contributed by atoms with E-state index in [1.165, 1.54) is 22.3 Å². The van der Waals surface area contributed by atoms with E-state index in [-0.39, 0.29) is 0 Å². The van der Waals surface area contributed by atoms with Crippen LogP contribution in [0, 0.1) is 20.8 Å². The maximum Gasteiger partial charge on any atom is 0.127 e. The topological polar surface area (TPSA) is 21.3 Å². The van der Waals surface area contributed by atoms with Crippen molar-refractivity contribution < 1.29 is 4.74 Å². The molecule has 2 aromatic carbocycles. The van der Waals surface area contributed by atoms with E-state index in [2.05, 4.69) is 72.3 Å². The first-order valence-electron chi connectivity index (χ1n) is 7.14. The SMILES string of the molecule is CNCc1cc(Br)cc(C)c1OCc1c(C)cccc1C. The Labute approximate surface area is 135 Å². The van der Waals surface area contributed by atoms with Gasteiger partial charge < -0.3 is 10.1 Å². The summed E-state index contributed by atoms with van der Waals surface area (Å²) in [6.45, 7) is 7.76. The predicted molar refractivity (Wildman–Crippen MR) is 91.9 cm³/mol. The van der Waals surface area contributed by atoms with Crippen molar-refractivity contribution in [2.45, 2.75) is 33.9 Å². The van der Waals surface area contributed by atoms with Crippen molar-refractivity contribution in [2.24, 2.45) is 0 Å². The van der Waals surface area contributed by atoms with Crippen LogP contribution in [0.1, 0.15) is 27.8 Å². The Morgan fingerprint density at radius 1 is 1.05 bits per heavy atom. The monoisotopic (exact) mass is 347 g/mol. The van der Waals surface area contributed by atoms with Gasteiger partial charge >= 0.3 is 0 Å². The molecule has 0 aliphatic carbocycles. The third-order valence-corrected chi connectivity index (χ3v) is 4.15. The second-order valence-corrected chi connectivity index (χ2v) is 6.32. The van der Waals surface area contributed by atoms with Crippen LogP contribution in [0.2, 0.25) is 0 Å². The normalized spacial score (nSPS) is 10.7. The fourth-order valence-electron chi connectivity index (χ4n) is 2.55. The molecule has 1 N–H and O–H groups in total. The van der Waals surface area contributed by atoms with Crippen LogP contribution in [0.5, 0.6) is 5.75 Å². The molecule has 0 aliphatic rings. The molecule has 2 rings (SSSR count). The van der Waals surface area contributed by atoms with Crippen LogP contribution in [0.15, 0.2) is 34.8 Å². The lowest BCUT2D eigenvalue weighted by Gasteiger charge is -2.17. The molecule has 0 saturated heterocycles. The number of ether oxygens (including phenoxy) is 1. The molecule has 0 saturated carbocycles. The molecule has 2 aromatic rings. The Bertz CT molecular complexity index is 617. The number of aryl methyl sites for hydroxylation is 3. The number of benzene rings is 2. The fourth-order valence-corrected chi connectivity index (χ4v) is 3.17. The molecule has 0 radical (unpaired) electrons. The van der Waals surface area contributed by atoms with Crippen molar-refractivity contribution in [2.75, 3.05) is 7.05 Å². The average molecular weight is 348 g/mol. The minimum absolute atomic E-state index is 0.609. The largest absolute Gasteiger partial charge is 0.488 e. The van der Waals surface area contributed by atoms with E-state index in [0.717, 1.165) is 22.3 Å². The Morgan fingerprint density at radius 2 is 1.71 bits per heavy atom. The molecule has 21 heavy (non-hydrogen) atoms. The molecule has 0 bridgehead atoms. The van der Waals surface area contributed by atoms with Gasteiger partial charge in [0, 0.05) is 16.6 Å². The summed E-state index contributed by atoms with van der Waals surface area (Å²) in [6.07, 6.45) is 0. The molecule has 0 aliphatic heterocycles. The number of hydrogen-bond acceptors (Lipinski definition) is 2. The zero-order valence-corrected chi connectivity index (χ0v) is 14.7. The van der Waals surface area contributed by atoms with E-state index in [0.29, 0.717) is 6.61 Å². The molecule has 112 valence electrons. The average Bonchev–Trinajstić information content (AvgIpc) is 2.40. The summed E-state index contributed by atoms with van der Waals surface area (Å²) in [6, 6.07) is 10.6. The summed E-state index contributed by atoms with van der Waals surface area (Å²) >= 11 is 3.55. The minimum Gasteiger partial charge on any atom is -0.488 e. The minimum atomic E-state index is 0.609. The number of nitrogens with one attached hydrogen (secondary N) is 1. The molecule has 0 heterocycles. The van der Waals surface area contributed by atoms with Gasteiger partial charge in [0.1, 0.15) is 12.4 Å². The molecule has 0 amide bonds. The summed E-state index contributed by atoms with van der Waals surface area (Å²) < 4.78 is 7.25. The quantitative estimate of drug-likeness (QED) is 0.848. The van der Waals surface area contributed by atoms with Crippen LogP contribution in [0.3, 0.4) is 0 Å². The first-order valence-corrected chi connectivity index (χ1v) is 7.93. The van der Waals surface area contributed by atoms with E-state index in [4.69, 9.17) is 4.74 Å². The van der Waals surface area contributed by atoms with Crippen molar-refractivity contribution >= 4 is 15.9 Å². The molecule has 0 spiro atoms. The van der Waals surface area contributed by atoms with Crippen molar-refractivity contribution in [3.05, 3.63) is 62.6 Å². The Hall–Kier alpha value is -1.32. The second-order valence-electron chi connectivity index (χ2n) is 5.40. The Morgan fingerprint density at radius 3 is 2.33 bits per heavy atom. The summed E-state index contributed by atoms with van der Waals surface area (Å²) in [4.78, 5) is 0. The Balaban J connectivity index is 2.27. The van der Waals surface area contributed by atoms with Gasteiger partial charge in [-0.3, -0.25) is 0 Å². The van der Waals surface area contributed by atoms with Crippen LogP contribution in [0.25, 0.3) is 0 Å². The molecule has 0 atom stereocenters. The smallest absolute Gasteiger partial charge is 0.127 e. The van der Waals surface area contributed by atoms with Gasteiger partial charge in [-0.25, -0.2) is 0 Å². The van der Waals surface area contributed by atoms with E-state index in [9.17, 15) is 0 Å². The third-order valence-electron chi connectivity index (χ3n) is 3.69. The third kappa shape index (κ3) is 3.86. The van der Waals surface area contributed by atoms with Crippen LogP contribution in [-0.2, 0) is 13.2 Å². The first-order chi connectivity index (χ1) is 10.0. The summed E-state index contributed by atoms with van der Waals surface area (Å²) in [7, 11) is 1.95. The van der Waals surface area contributed by atoms with E-state index in [1.807, 2.05) is 7.05 Å². The standard InChI is InChI=1S/C18H22BrNO/c1-12-6-5-7-13(2)17(12)11-21-18-14(3)8-16(19)9-15(18)10-20-4/h5-9,20H,10-11H2,1-4H3. The van der Waals surface area contributed by atoms with E-state index in [1.54, 1.807) is 0 Å². The highest BCUT2D eigenvalue weighted by Crippen LogP contribution is 2.29. The lowest BCUT2D eigenvalue weighted by atomic mass is 10.0. The fraction of sp³-hybridized carbons (Fsp3) is 0.333. The van der Waals surface area contributed by atoms with Gasteiger partial charge in [0.25, 0.3) is 0 Å². The van der Waals surface area contributed by atoms with Gasteiger partial charge in [0.15, 0.2) is 0 Å². The molecule has 3 heteroatoms. The van der Waals surface area contributed by atoms with E-state index >= 15 is 0 Å². The number of halogens is 1. The molecular weight excluding hydrogens is 326 g/mol. The van der Waals surface area contributed by atoms with Gasteiger partial charge in [-0.05, 0) is 62.2 Å². The lowest BCUT2D eigenvalue weighted by molar-refractivity contribution is 0.298. The maximum absolute atomic E-state index is 6.16. The van der Waals surface area contributed by atoms with Gasteiger partial charge in [-0.15, -0.1) is 0 Å². The summed E-state index contributed by atoms with van der Waals surface area (Å²) in [5, 5.41) is 3.20. The van der Waals surface area contributed by atoms with Crippen LogP contribution in [0.4, 0.5) is 0 Å². The van der Waals surface area contributed by atoms with Crippen LogP contribution >= 0.6 is 15.9 Å². The zero-order valence-electron chi connectivity index (χ0n) is 13.1. The van der Waals surface area contributed by atoms with Gasteiger partial charge in [-0.1, -0.05) is 34.1 Å². The predicted octanol–water partition coefficient (Wildman–Crippen LogP) is 4.67. The molecule has 0 aromatic heterocycles. The van der Waals surface area contributed by atoms with E-state index < -0.39 is 0 Å². The van der Waals surface area contributed by atoms with Crippen molar-refractivity contribution in [1.82, 2.24) is 5.32 Å². The summed E-state index contributed by atoms with van der Waals surface area (Å²) in [5.41, 5.74) is 6.16. The van der Waals surface area contributed by atoms with Gasteiger partial charge in [0.05, 0.1) is 0 Å². The second kappa shape index (κ2) is 7.10. The first kappa shape index (κ1) is 16.1. The van der Waals surface area contributed by atoms with Gasteiger partial charge in [-0.2, -0.15) is 0 Å². The molecule has 0 fully saturated rings. The zero-order chi connectivity index (χ0) is 15.4.